The van der Waals surface area contributed by atoms with Gasteiger partial charge in [-0.1, -0.05) is 23.7 Å². The van der Waals surface area contributed by atoms with Crippen molar-refractivity contribution in [3.05, 3.63) is 41.0 Å². The standard InChI is InChI=1S/C14H17ClN4O2/c1-3-12-17-14(21-18-12)9-19(2)8-13(20)16-11-6-4-10(15)5-7-11/h4-7H,3,8-9H2,1-2H3,(H,16,20). The van der Waals surface area contributed by atoms with Crippen molar-refractivity contribution in [2.24, 2.45) is 0 Å². The molecule has 0 radical (unpaired) electrons. The average Bonchev–Trinajstić information content (AvgIpc) is 2.88. The molecule has 7 heteroatoms. The summed E-state index contributed by atoms with van der Waals surface area (Å²) in [5.41, 5.74) is 0.712. The number of benzene rings is 1. The molecular weight excluding hydrogens is 292 g/mol. The van der Waals surface area contributed by atoms with E-state index in [4.69, 9.17) is 16.1 Å². The number of nitrogens with zero attached hydrogens (tertiary/aromatic N) is 3. The van der Waals surface area contributed by atoms with Gasteiger partial charge in [0.25, 0.3) is 0 Å². The number of rotatable bonds is 6. The van der Waals surface area contributed by atoms with Crippen LogP contribution in [-0.2, 0) is 17.8 Å². The van der Waals surface area contributed by atoms with Crippen molar-refractivity contribution in [3.8, 4) is 0 Å². The summed E-state index contributed by atoms with van der Waals surface area (Å²) >= 11 is 5.79. The van der Waals surface area contributed by atoms with Crippen molar-refractivity contribution in [2.45, 2.75) is 19.9 Å². The molecule has 112 valence electrons. The Balaban J connectivity index is 1.82. The Morgan fingerprint density at radius 3 is 2.71 bits per heavy atom. The number of halogens is 1. The number of aromatic nitrogens is 2. The number of aryl methyl sites for hydroxylation is 1. The van der Waals surface area contributed by atoms with Gasteiger partial charge in [0.2, 0.25) is 11.8 Å². The minimum absolute atomic E-state index is 0.116. The van der Waals surface area contributed by atoms with Crippen LogP contribution < -0.4 is 5.32 Å². The summed E-state index contributed by atoms with van der Waals surface area (Å²) in [7, 11) is 1.82. The van der Waals surface area contributed by atoms with E-state index in [1.54, 1.807) is 29.2 Å². The number of hydrogen-bond acceptors (Lipinski definition) is 5. The van der Waals surface area contributed by atoms with Crippen molar-refractivity contribution in [2.75, 3.05) is 18.9 Å². The van der Waals surface area contributed by atoms with Crippen LogP contribution in [0.1, 0.15) is 18.6 Å². The Labute approximate surface area is 128 Å². The highest BCUT2D eigenvalue weighted by Crippen LogP contribution is 2.13. The molecule has 0 bridgehead atoms. The van der Waals surface area contributed by atoms with E-state index in [2.05, 4.69) is 15.5 Å². The fourth-order valence-electron chi connectivity index (χ4n) is 1.76. The maximum absolute atomic E-state index is 11.9. The van der Waals surface area contributed by atoms with E-state index in [1.165, 1.54) is 0 Å². The lowest BCUT2D eigenvalue weighted by atomic mass is 10.3. The fraction of sp³-hybridized carbons (Fsp3) is 0.357. The Hall–Kier alpha value is -1.92. The summed E-state index contributed by atoms with van der Waals surface area (Å²) in [4.78, 5) is 17.9. The minimum Gasteiger partial charge on any atom is -0.338 e. The third kappa shape index (κ3) is 4.84. The molecule has 0 saturated carbocycles. The molecule has 0 aliphatic heterocycles. The summed E-state index contributed by atoms with van der Waals surface area (Å²) in [5, 5.41) is 7.25. The van der Waals surface area contributed by atoms with Crippen LogP contribution in [0, 0.1) is 0 Å². The second-order valence-corrected chi connectivity index (χ2v) is 5.12. The smallest absolute Gasteiger partial charge is 0.240 e. The van der Waals surface area contributed by atoms with Crippen molar-refractivity contribution in [1.29, 1.82) is 0 Å². The Kier molecular flexibility index (Phi) is 5.30. The lowest BCUT2D eigenvalue weighted by Gasteiger charge is -2.13. The van der Waals surface area contributed by atoms with Gasteiger partial charge < -0.3 is 9.84 Å². The Bertz CT molecular complexity index is 597. The first-order chi connectivity index (χ1) is 10.1. The van der Waals surface area contributed by atoms with E-state index < -0.39 is 0 Å². The number of carbonyl (C=O) groups excluding carboxylic acids is 1. The monoisotopic (exact) mass is 308 g/mol. The first-order valence-corrected chi connectivity index (χ1v) is 7.00. The van der Waals surface area contributed by atoms with Gasteiger partial charge in [0, 0.05) is 17.1 Å². The number of likely N-dealkylation sites (N-methyl/N-ethyl adjacent to an activating group) is 1. The normalized spacial score (nSPS) is 10.9. The van der Waals surface area contributed by atoms with Gasteiger partial charge in [0.05, 0.1) is 13.1 Å². The molecule has 0 aliphatic rings. The molecule has 1 amide bonds. The summed E-state index contributed by atoms with van der Waals surface area (Å²) in [6.07, 6.45) is 0.726. The molecule has 0 atom stereocenters. The van der Waals surface area contributed by atoms with Crippen molar-refractivity contribution >= 4 is 23.2 Å². The highest BCUT2D eigenvalue weighted by atomic mass is 35.5. The molecule has 21 heavy (non-hydrogen) atoms. The summed E-state index contributed by atoms with van der Waals surface area (Å²) in [5.74, 6) is 1.06. The van der Waals surface area contributed by atoms with Crippen molar-refractivity contribution < 1.29 is 9.32 Å². The minimum atomic E-state index is -0.116. The molecular formula is C14H17ClN4O2. The van der Waals surface area contributed by atoms with E-state index in [-0.39, 0.29) is 12.5 Å². The molecule has 0 unspecified atom stereocenters. The quantitative estimate of drug-likeness (QED) is 0.887. The zero-order valence-electron chi connectivity index (χ0n) is 12.0. The predicted octanol–water partition coefficient (Wildman–Crippen LogP) is 2.36. The van der Waals surface area contributed by atoms with Gasteiger partial charge in [0.1, 0.15) is 0 Å². The zero-order chi connectivity index (χ0) is 15.2. The van der Waals surface area contributed by atoms with Gasteiger partial charge in [-0.05, 0) is 31.3 Å². The summed E-state index contributed by atoms with van der Waals surface area (Å²) in [6.45, 7) is 2.62. The van der Waals surface area contributed by atoms with Gasteiger partial charge in [-0.25, -0.2) is 0 Å². The molecule has 0 aliphatic carbocycles. The molecule has 0 spiro atoms. The van der Waals surface area contributed by atoms with Crippen molar-refractivity contribution in [3.63, 3.8) is 0 Å². The molecule has 0 saturated heterocycles. The molecule has 0 fully saturated rings. The van der Waals surface area contributed by atoms with E-state index in [0.29, 0.717) is 29.0 Å². The van der Waals surface area contributed by atoms with Gasteiger partial charge in [-0.3, -0.25) is 9.69 Å². The van der Waals surface area contributed by atoms with Gasteiger partial charge in [-0.15, -0.1) is 0 Å². The first-order valence-electron chi connectivity index (χ1n) is 6.62. The highest BCUT2D eigenvalue weighted by molar-refractivity contribution is 6.30. The van der Waals surface area contributed by atoms with Crippen LogP contribution >= 0.6 is 11.6 Å². The van der Waals surface area contributed by atoms with Crippen molar-refractivity contribution in [1.82, 2.24) is 15.0 Å². The van der Waals surface area contributed by atoms with Crippen LogP contribution in [0.25, 0.3) is 0 Å². The maximum atomic E-state index is 11.9. The van der Waals surface area contributed by atoms with Crippen LogP contribution in [0.5, 0.6) is 0 Å². The topological polar surface area (TPSA) is 71.3 Å². The van der Waals surface area contributed by atoms with E-state index >= 15 is 0 Å². The predicted molar refractivity (Wildman–Crippen MR) is 80.1 cm³/mol. The third-order valence-electron chi connectivity index (χ3n) is 2.77. The summed E-state index contributed by atoms with van der Waals surface area (Å²) < 4.78 is 5.09. The van der Waals surface area contributed by atoms with E-state index in [0.717, 1.165) is 6.42 Å². The molecule has 1 aromatic heterocycles. The molecule has 1 N–H and O–H groups in total. The van der Waals surface area contributed by atoms with Gasteiger partial charge in [0.15, 0.2) is 5.82 Å². The Morgan fingerprint density at radius 1 is 1.38 bits per heavy atom. The maximum Gasteiger partial charge on any atom is 0.240 e. The molecule has 6 nitrogen and oxygen atoms in total. The number of nitrogens with one attached hydrogen (secondary N) is 1. The second kappa shape index (κ2) is 7.19. The van der Waals surface area contributed by atoms with Crippen LogP contribution in [0.2, 0.25) is 5.02 Å². The largest absolute Gasteiger partial charge is 0.338 e. The number of carbonyl (C=O) groups is 1. The van der Waals surface area contributed by atoms with Crippen LogP contribution in [-0.4, -0.2) is 34.5 Å². The average molecular weight is 309 g/mol. The van der Waals surface area contributed by atoms with Gasteiger partial charge in [-0.2, -0.15) is 4.98 Å². The highest BCUT2D eigenvalue weighted by Gasteiger charge is 2.11. The second-order valence-electron chi connectivity index (χ2n) is 4.69. The zero-order valence-corrected chi connectivity index (χ0v) is 12.7. The van der Waals surface area contributed by atoms with Crippen LogP contribution in [0.3, 0.4) is 0 Å². The SMILES string of the molecule is CCc1noc(CN(C)CC(=O)Nc2ccc(Cl)cc2)n1. The van der Waals surface area contributed by atoms with E-state index in [9.17, 15) is 4.79 Å². The lowest BCUT2D eigenvalue weighted by Crippen LogP contribution is -2.29. The number of anilines is 1. The first kappa shape index (κ1) is 15.5. The van der Waals surface area contributed by atoms with Crippen LogP contribution in [0.15, 0.2) is 28.8 Å². The van der Waals surface area contributed by atoms with Gasteiger partial charge >= 0.3 is 0 Å². The molecule has 1 heterocycles. The molecule has 2 aromatic rings. The third-order valence-corrected chi connectivity index (χ3v) is 3.03. The molecule has 2 rings (SSSR count). The lowest BCUT2D eigenvalue weighted by molar-refractivity contribution is -0.117. The van der Waals surface area contributed by atoms with Crippen LogP contribution in [0.4, 0.5) is 5.69 Å². The fourth-order valence-corrected chi connectivity index (χ4v) is 1.89. The Morgan fingerprint density at radius 2 is 2.10 bits per heavy atom. The summed E-state index contributed by atoms with van der Waals surface area (Å²) in [6, 6.07) is 6.97. The van der Waals surface area contributed by atoms with E-state index in [1.807, 2.05) is 14.0 Å². The molecule has 1 aromatic carbocycles. The number of amides is 1. The number of hydrogen-bond donors (Lipinski definition) is 1.